The van der Waals surface area contributed by atoms with E-state index in [0.29, 0.717) is 42.9 Å². The van der Waals surface area contributed by atoms with Crippen molar-refractivity contribution in [3.8, 4) is 0 Å². The molecule has 8 heteroatoms. The number of aliphatic imine (C=N–C) groups is 1. The molecule has 8 nitrogen and oxygen atoms in total. The molecule has 0 bridgehead atoms. The number of amidine groups is 1. The van der Waals surface area contributed by atoms with Crippen molar-refractivity contribution >= 4 is 28.9 Å². The summed E-state index contributed by atoms with van der Waals surface area (Å²) in [5, 5.41) is 4.99. The molecular formula is C25H32N4O4. The van der Waals surface area contributed by atoms with Crippen molar-refractivity contribution in [2.75, 3.05) is 13.1 Å². The Kier molecular flexibility index (Phi) is 5.64. The number of amides is 1. The van der Waals surface area contributed by atoms with Crippen LogP contribution >= 0.6 is 0 Å². The Morgan fingerprint density at radius 3 is 2.64 bits per heavy atom. The molecule has 3 aliphatic rings. The van der Waals surface area contributed by atoms with Gasteiger partial charge in [-0.25, -0.2) is 4.79 Å². The molecule has 1 aromatic carbocycles. The molecule has 1 aliphatic carbocycles. The van der Waals surface area contributed by atoms with E-state index in [4.69, 9.17) is 14.2 Å². The Balaban J connectivity index is 1.21. The minimum absolute atomic E-state index is 0.0545. The summed E-state index contributed by atoms with van der Waals surface area (Å²) in [6, 6.07) is 1.90. The quantitative estimate of drug-likeness (QED) is 0.687. The van der Waals surface area contributed by atoms with E-state index in [-0.39, 0.29) is 5.91 Å². The second kappa shape index (κ2) is 8.48. The zero-order chi connectivity index (χ0) is 23.2. The molecule has 1 saturated carbocycles. The van der Waals surface area contributed by atoms with Crippen LogP contribution in [0, 0.1) is 25.7 Å². The number of benzene rings is 1. The number of rotatable bonds is 4. The van der Waals surface area contributed by atoms with Gasteiger partial charge in [0.25, 0.3) is 5.91 Å². The van der Waals surface area contributed by atoms with E-state index in [1.165, 1.54) is 12.8 Å². The van der Waals surface area contributed by atoms with Crippen molar-refractivity contribution in [1.29, 1.82) is 0 Å². The molecule has 2 fully saturated rings. The van der Waals surface area contributed by atoms with Gasteiger partial charge < -0.3 is 14.6 Å². The van der Waals surface area contributed by atoms with Crippen LogP contribution in [0.5, 0.6) is 0 Å². The smallest absolute Gasteiger partial charge is 0.414 e. The first-order chi connectivity index (χ1) is 15.8. The van der Waals surface area contributed by atoms with Gasteiger partial charge in [-0.1, -0.05) is 19.8 Å². The number of oxazole rings is 1. The van der Waals surface area contributed by atoms with E-state index >= 15 is 0 Å². The lowest BCUT2D eigenvalue weighted by atomic mass is 9.82. The van der Waals surface area contributed by atoms with Gasteiger partial charge in [0, 0.05) is 24.6 Å². The van der Waals surface area contributed by atoms with Gasteiger partial charge in [-0.2, -0.15) is 0 Å². The minimum Gasteiger partial charge on any atom is -0.414 e. The number of fused-ring (bicyclic) bond motifs is 1. The average molecular weight is 453 g/mol. The van der Waals surface area contributed by atoms with E-state index in [0.717, 1.165) is 41.3 Å². The lowest BCUT2D eigenvalue weighted by molar-refractivity contribution is -0.139. The lowest BCUT2D eigenvalue weighted by Crippen LogP contribution is -2.48. The predicted molar refractivity (Wildman–Crippen MR) is 127 cm³/mol. The van der Waals surface area contributed by atoms with E-state index in [1.807, 2.05) is 31.1 Å². The largest absolute Gasteiger partial charge is 0.417 e. The first kappa shape index (κ1) is 21.9. The number of aryl methyl sites for hydroxylation is 2. The van der Waals surface area contributed by atoms with Gasteiger partial charge in [0.2, 0.25) is 0 Å². The van der Waals surface area contributed by atoms with Crippen molar-refractivity contribution in [2.45, 2.75) is 64.8 Å². The Bertz CT molecular complexity index is 1170. The van der Waals surface area contributed by atoms with Crippen LogP contribution in [0.4, 0.5) is 0 Å². The minimum atomic E-state index is -0.633. The molecule has 0 unspecified atom stereocenters. The van der Waals surface area contributed by atoms with Crippen LogP contribution in [0.2, 0.25) is 0 Å². The summed E-state index contributed by atoms with van der Waals surface area (Å²) in [6.07, 6.45) is 9.52. The van der Waals surface area contributed by atoms with Crippen LogP contribution in [0.25, 0.3) is 17.2 Å². The Morgan fingerprint density at radius 1 is 1.18 bits per heavy atom. The maximum Gasteiger partial charge on any atom is 0.417 e. The SMILES string of the molecule is Cc1cc2[nH]c(=O)oc2c(C)c1/C=C/ON1CCC2(CC1)N=C(C1CCC(C)CC1)NC2=O. The van der Waals surface area contributed by atoms with Crippen LogP contribution in [0.3, 0.4) is 0 Å². The number of carbonyl (C=O) groups excluding carboxylic acids is 1. The number of piperidine rings is 1. The average Bonchev–Trinajstić information content (AvgIpc) is 3.32. The number of aromatic nitrogens is 1. The van der Waals surface area contributed by atoms with E-state index in [1.54, 1.807) is 6.26 Å². The van der Waals surface area contributed by atoms with Gasteiger partial charge in [0.1, 0.15) is 17.6 Å². The highest BCUT2D eigenvalue weighted by molar-refractivity contribution is 6.09. The standard InChI is InChI=1S/C25H32N4O4/c1-15-4-6-18(7-5-15)22-27-23(30)25(28-22)9-11-29(12-10-25)32-13-8-19-16(2)14-20-21(17(19)3)33-24(31)26-20/h8,13-15,18H,4-7,9-12H2,1-3H3,(H,26,31)(H,27,28,30)/b13-8+. The van der Waals surface area contributed by atoms with E-state index in [9.17, 15) is 9.59 Å². The monoisotopic (exact) mass is 452 g/mol. The third-order valence-electron chi connectivity index (χ3n) is 7.60. The number of aromatic amines is 1. The van der Waals surface area contributed by atoms with Gasteiger partial charge in [-0.05, 0) is 68.7 Å². The first-order valence-electron chi connectivity index (χ1n) is 12.0. The summed E-state index contributed by atoms with van der Waals surface area (Å²) in [7, 11) is 0. The molecule has 1 amide bonds. The fourth-order valence-corrected chi connectivity index (χ4v) is 5.44. The summed E-state index contributed by atoms with van der Waals surface area (Å²) >= 11 is 0. The summed E-state index contributed by atoms with van der Waals surface area (Å²) in [5.74, 6) is 1.69. The first-order valence-corrected chi connectivity index (χ1v) is 12.0. The van der Waals surface area contributed by atoms with Crippen LogP contribution in [0.1, 0.15) is 62.1 Å². The van der Waals surface area contributed by atoms with Gasteiger partial charge in [0.15, 0.2) is 5.58 Å². The molecule has 2 N–H and O–H groups in total. The zero-order valence-electron chi connectivity index (χ0n) is 19.6. The van der Waals surface area contributed by atoms with E-state index in [2.05, 4.69) is 17.2 Å². The number of H-pyrrole nitrogens is 1. The topological polar surface area (TPSA) is 99.9 Å². The highest BCUT2D eigenvalue weighted by atomic mass is 16.7. The van der Waals surface area contributed by atoms with Gasteiger partial charge in [-0.3, -0.25) is 14.8 Å². The number of nitrogens with zero attached hydrogens (tertiary/aromatic N) is 2. The Hall–Kier alpha value is -2.87. The van der Waals surface area contributed by atoms with Gasteiger partial charge >= 0.3 is 5.76 Å². The van der Waals surface area contributed by atoms with Crippen molar-refractivity contribution < 1.29 is 14.0 Å². The number of nitrogens with one attached hydrogen (secondary N) is 2. The van der Waals surface area contributed by atoms with Crippen LogP contribution in [0.15, 0.2) is 26.5 Å². The molecule has 176 valence electrons. The molecule has 1 spiro atoms. The molecule has 3 heterocycles. The second-order valence-electron chi connectivity index (χ2n) is 9.90. The van der Waals surface area contributed by atoms with Crippen molar-refractivity contribution in [2.24, 2.45) is 16.8 Å². The molecule has 1 aromatic heterocycles. The molecule has 33 heavy (non-hydrogen) atoms. The molecule has 2 aromatic rings. The third kappa shape index (κ3) is 4.12. The maximum atomic E-state index is 12.8. The zero-order valence-corrected chi connectivity index (χ0v) is 19.6. The molecular weight excluding hydrogens is 420 g/mol. The maximum absolute atomic E-state index is 12.8. The Morgan fingerprint density at radius 2 is 1.91 bits per heavy atom. The van der Waals surface area contributed by atoms with Crippen molar-refractivity contribution in [1.82, 2.24) is 15.4 Å². The fraction of sp³-hybridized carbons (Fsp3) is 0.560. The predicted octanol–water partition coefficient (Wildman–Crippen LogP) is 3.83. The van der Waals surface area contributed by atoms with Crippen molar-refractivity contribution in [3.63, 3.8) is 0 Å². The number of hydrogen-bond acceptors (Lipinski definition) is 6. The summed E-state index contributed by atoms with van der Waals surface area (Å²) < 4.78 is 5.27. The Labute approximate surface area is 193 Å². The molecule has 2 aliphatic heterocycles. The van der Waals surface area contributed by atoms with Gasteiger partial charge in [-0.15, -0.1) is 5.06 Å². The molecule has 5 rings (SSSR count). The fourth-order valence-electron chi connectivity index (χ4n) is 5.44. The van der Waals surface area contributed by atoms with Crippen LogP contribution in [-0.2, 0) is 9.63 Å². The number of hydrogen-bond donors (Lipinski definition) is 2. The third-order valence-corrected chi connectivity index (χ3v) is 7.60. The molecule has 1 saturated heterocycles. The molecule has 0 atom stereocenters. The van der Waals surface area contributed by atoms with Crippen molar-refractivity contribution in [3.05, 3.63) is 39.6 Å². The summed E-state index contributed by atoms with van der Waals surface area (Å²) in [5.41, 5.74) is 3.51. The highest BCUT2D eigenvalue weighted by Gasteiger charge is 2.47. The normalized spacial score (nSPS) is 25.7. The highest BCUT2D eigenvalue weighted by Crippen LogP contribution is 2.35. The lowest BCUT2D eigenvalue weighted by Gasteiger charge is -2.34. The van der Waals surface area contributed by atoms with Crippen LogP contribution < -0.4 is 11.1 Å². The number of hydroxylamine groups is 2. The number of carbonyl (C=O) groups is 1. The molecule has 0 radical (unpaired) electrons. The summed E-state index contributed by atoms with van der Waals surface area (Å²) in [4.78, 5) is 37.9. The van der Waals surface area contributed by atoms with Crippen LogP contribution in [-0.4, -0.2) is 40.4 Å². The second-order valence-corrected chi connectivity index (χ2v) is 9.90. The summed E-state index contributed by atoms with van der Waals surface area (Å²) in [6.45, 7) is 7.50. The van der Waals surface area contributed by atoms with E-state index < -0.39 is 11.3 Å². The van der Waals surface area contributed by atoms with Gasteiger partial charge in [0.05, 0.1) is 5.52 Å².